The Hall–Kier alpha value is -2.66. The van der Waals surface area contributed by atoms with Gasteiger partial charge in [-0.25, -0.2) is 8.42 Å². The van der Waals surface area contributed by atoms with Crippen molar-refractivity contribution in [3.8, 4) is 0 Å². The third kappa shape index (κ3) is 4.06. The van der Waals surface area contributed by atoms with E-state index in [0.29, 0.717) is 5.69 Å². The molecule has 1 heterocycles. The fourth-order valence-electron chi connectivity index (χ4n) is 2.81. The Morgan fingerprint density at radius 3 is 2.16 bits per heavy atom. The van der Waals surface area contributed by atoms with Crippen molar-refractivity contribution in [2.45, 2.75) is 18.7 Å². The number of anilines is 1. The van der Waals surface area contributed by atoms with Gasteiger partial charge in [0.25, 0.3) is 0 Å². The lowest BCUT2D eigenvalue weighted by Crippen LogP contribution is -2.34. The topological polar surface area (TPSA) is 50.3 Å². The summed E-state index contributed by atoms with van der Waals surface area (Å²) in [5.74, 6) is -0.0483. The van der Waals surface area contributed by atoms with E-state index < -0.39 is 10.0 Å². The molecule has 3 aromatic rings. The molecule has 128 valence electrons. The van der Waals surface area contributed by atoms with Crippen molar-refractivity contribution >= 4 is 15.7 Å². The van der Waals surface area contributed by atoms with Gasteiger partial charge in [0, 0.05) is 12.4 Å². The summed E-state index contributed by atoms with van der Waals surface area (Å²) in [5.41, 5.74) is 2.26. The minimum absolute atomic E-state index is 0.0483. The van der Waals surface area contributed by atoms with Crippen LogP contribution in [0.4, 0.5) is 5.69 Å². The second-order valence-corrected chi connectivity index (χ2v) is 7.68. The van der Waals surface area contributed by atoms with Crippen LogP contribution in [0.2, 0.25) is 0 Å². The van der Waals surface area contributed by atoms with Crippen molar-refractivity contribution in [2.75, 3.05) is 4.31 Å². The van der Waals surface area contributed by atoms with Crippen molar-refractivity contribution < 1.29 is 8.42 Å². The molecular formula is C20H20N2O2S. The molecule has 5 heteroatoms. The first kappa shape index (κ1) is 17.2. The molecule has 4 nitrogen and oxygen atoms in total. The van der Waals surface area contributed by atoms with Crippen molar-refractivity contribution in [3.05, 3.63) is 96.3 Å². The van der Waals surface area contributed by atoms with Crippen LogP contribution >= 0.6 is 0 Å². The number of sulfonamides is 1. The van der Waals surface area contributed by atoms with Gasteiger partial charge in [0.1, 0.15) is 0 Å². The second-order valence-electron chi connectivity index (χ2n) is 5.84. The van der Waals surface area contributed by atoms with Crippen molar-refractivity contribution in [2.24, 2.45) is 0 Å². The normalized spacial score (nSPS) is 12.5. The van der Waals surface area contributed by atoms with E-state index in [1.165, 1.54) is 4.31 Å². The summed E-state index contributed by atoms with van der Waals surface area (Å²) < 4.78 is 27.9. The Bertz CT molecular complexity index is 898. The van der Waals surface area contributed by atoms with E-state index in [1.54, 1.807) is 12.4 Å². The molecule has 0 amide bonds. The molecule has 0 aliphatic heterocycles. The molecule has 1 unspecified atom stereocenters. The van der Waals surface area contributed by atoms with E-state index >= 15 is 0 Å². The number of benzene rings is 2. The number of para-hydroxylation sites is 1. The number of nitrogens with zero attached hydrogens (tertiary/aromatic N) is 2. The van der Waals surface area contributed by atoms with Crippen molar-refractivity contribution in [3.63, 3.8) is 0 Å². The monoisotopic (exact) mass is 352 g/mol. The first-order valence-electron chi connectivity index (χ1n) is 8.09. The highest BCUT2D eigenvalue weighted by molar-refractivity contribution is 7.92. The van der Waals surface area contributed by atoms with Crippen LogP contribution in [0.15, 0.2) is 85.2 Å². The summed E-state index contributed by atoms with van der Waals surface area (Å²) in [7, 11) is -3.57. The molecule has 0 saturated carbocycles. The van der Waals surface area contributed by atoms with E-state index in [-0.39, 0.29) is 11.8 Å². The maximum atomic E-state index is 13.2. The lowest BCUT2D eigenvalue weighted by atomic mass is 10.1. The first-order chi connectivity index (χ1) is 12.1. The van der Waals surface area contributed by atoms with E-state index in [0.717, 1.165) is 11.1 Å². The lowest BCUT2D eigenvalue weighted by Gasteiger charge is -2.30. The average Bonchev–Trinajstić information content (AvgIpc) is 2.63. The van der Waals surface area contributed by atoms with Crippen LogP contribution < -0.4 is 4.31 Å². The highest BCUT2D eigenvalue weighted by Gasteiger charge is 2.28. The van der Waals surface area contributed by atoms with Crippen LogP contribution in [-0.2, 0) is 15.8 Å². The quantitative estimate of drug-likeness (QED) is 0.669. The molecule has 3 rings (SSSR count). The van der Waals surface area contributed by atoms with Crippen LogP contribution in [0, 0.1) is 0 Å². The summed E-state index contributed by atoms with van der Waals surface area (Å²) in [6, 6.07) is 21.8. The van der Waals surface area contributed by atoms with E-state index in [4.69, 9.17) is 0 Å². The molecule has 2 aromatic carbocycles. The highest BCUT2D eigenvalue weighted by Crippen LogP contribution is 2.31. The van der Waals surface area contributed by atoms with Gasteiger partial charge in [0.2, 0.25) is 10.0 Å². The van der Waals surface area contributed by atoms with Crippen LogP contribution in [0.25, 0.3) is 0 Å². The third-order valence-electron chi connectivity index (χ3n) is 4.02. The average molecular weight is 352 g/mol. The zero-order chi connectivity index (χ0) is 17.7. The Labute approximate surface area is 148 Å². The van der Waals surface area contributed by atoms with Gasteiger partial charge in [-0.05, 0) is 36.2 Å². The number of hydrogen-bond acceptors (Lipinski definition) is 3. The van der Waals surface area contributed by atoms with Gasteiger partial charge in [0.05, 0.1) is 17.5 Å². The van der Waals surface area contributed by atoms with Gasteiger partial charge in [-0.3, -0.25) is 9.29 Å². The molecule has 1 atom stereocenters. The maximum Gasteiger partial charge on any atom is 0.239 e. The number of rotatable bonds is 6. The van der Waals surface area contributed by atoms with E-state index in [2.05, 4.69) is 4.98 Å². The summed E-state index contributed by atoms with van der Waals surface area (Å²) >= 11 is 0. The second kappa shape index (κ2) is 7.49. The van der Waals surface area contributed by atoms with Crippen LogP contribution in [-0.4, -0.2) is 13.4 Å². The third-order valence-corrected chi connectivity index (χ3v) is 5.85. The lowest BCUT2D eigenvalue weighted by molar-refractivity contribution is 0.582. The van der Waals surface area contributed by atoms with Crippen molar-refractivity contribution in [1.82, 2.24) is 4.98 Å². The van der Waals surface area contributed by atoms with Crippen LogP contribution in [0.3, 0.4) is 0 Å². The predicted octanol–water partition coefficient (Wildman–Crippen LogP) is 4.18. The molecule has 0 spiro atoms. The van der Waals surface area contributed by atoms with Gasteiger partial charge in [-0.15, -0.1) is 0 Å². The Kier molecular flexibility index (Phi) is 5.14. The molecule has 25 heavy (non-hydrogen) atoms. The minimum atomic E-state index is -3.57. The van der Waals surface area contributed by atoms with Gasteiger partial charge < -0.3 is 0 Å². The minimum Gasteiger partial charge on any atom is -0.264 e. The van der Waals surface area contributed by atoms with Gasteiger partial charge >= 0.3 is 0 Å². The molecule has 0 radical (unpaired) electrons. The SMILES string of the molecule is CC(c1cccnc1)N(c1ccccc1)S(=O)(=O)Cc1ccccc1. The zero-order valence-electron chi connectivity index (χ0n) is 14.0. The molecule has 0 aliphatic carbocycles. The highest BCUT2D eigenvalue weighted by atomic mass is 32.2. The van der Waals surface area contributed by atoms with E-state index in [1.807, 2.05) is 79.7 Å². The maximum absolute atomic E-state index is 13.2. The fraction of sp³-hybridized carbons (Fsp3) is 0.150. The largest absolute Gasteiger partial charge is 0.264 e. The molecule has 1 aromatic heterocycles. The van der Waals surface area contributed by atoms with Gasteiger partial charge in [0.15, 0.2) is 0 Å². The summed E-state index contributed by atoms with van der Waals surface area (Å²) in [4.78, 5) is 4.13. The molecule has 0 fully saturated rings. The van der Waals surface area contributed by atoms with Crippen LogP contribution in [0.5, 0.6) is 0 Å². The number of hydrogen-bond donors (Lipinski definition) is 0. The van der Waals surface area contributed by atoms with Gasteiger partial charge in [-0.1, -0.05) is 54.6 Å². The summed E-state index contributed by atoms with van der Waals surface area (Å²) in [6.07, 6.45) is 3.39. The van der Waals surface area contributed by atoms with Gasteiger partial charge in [-0.2, -0.15) is 0 Å². The molecule has 0 N–H and O–H groups in total. The zero-order valence-corrected chi connectivity index (χ0v) is 14.8. The molecule has 0 saturated heterocycles. The molecule has 0 bridgehead atoms. The smallest absolute Gasteiger partial charge is 0.239 e. The Morgan fingerprint density at radius 2 is 1.56 bits per heavy atom. The fourth-order valence-corrected chi connectivity index (χ4v) is 4.61. The molecule has 0 aliphatic rings. The Balaban J connectivity index is 2.02. The number of pyridine rings is 1. The predicted molar refractivity (Wildman–Crippen MR) is 101 cm³/mol. The molecular weight excluding hydrogens is 332 g/mol. The number of aromatic nitrogens is 1. The van der Waals surface area contributed by atoms with E-state index in [9.17, 15) is 8.42 Å². The van der Waals surface area contributed by atoms with Crippen molar-refractivity contribution in [1.29, 1.82) is 0 Å². The Morgan fingerprint density at radius 1 is 0.920 bits per heavy atom. The summed E-state index contributed by atoms with van der Waals surface area (Å²) in [5, 5.41) is 0. The standard InChI is InChI=1S/C20H20N2O2S/c1-17(19-11-8-14-21-15-19)22(20-12-6-3-7-13-20)25(23,24)16-18-9-4-2-5-10-18/h2-15,17H,16H2,1H3. The summed E-state index contributed by atoms with van der Waals surface area (Å²) in [6.45, 7) is 1.88. The van der Waals surface area contributed by atoms with Crippen LogP contribution in [0.1, 0.15) is 24.1 Å². The first-order valence-corrected chi connectivity index (χ1v) is 9.70.